The molecule has 0 amide bonds. The van der Waals surface area contributed by atoms with Gasteiger partial charge in [0.2, 0.25) is 5.13 Å². The fourth-order valence-electron chi connectivity index (χ4n) is 1.76. The van der Waals surface area contributed by atoms with Crippen molar-refractivity contribution in [3.05, 3.63) is 23.2 Å². The lowest BCUT2D eigenvalue weighted by Crippen LogP contribution is -1.86. The Morgan fingerprint density at radius 3 is 2.74 bits per heavy atom. The van der Waals surface area contributed by atoms with Crippen LogP contribution < -0.4 is 5.73 Å². The molecule has 0 saturated heterocycles. The van der Waals surface area contributed by atoms with Gasteiger partial charge in [0, 0.05) is 0 Å². The molecule has 3 aromatic rings. The van der Waals surface area contributed by atoms with Crippen molar-refractivity contribution in [2.75, 3.05) is 5.73 Å². The van der Waals surface area contributed by atoms with E-state index in [4.69, 9.17) is 10.7 Å². The molecule has 2 N–H and O–H groups in total. The monoisotopic (exact) mass is 308 g/mol. The highest BCUT2D eigenvalue weighted by Crippen LogP contribution is 2.39. The molecular formula is C12H12N4S3. The Kier molecular flexibility index (Phi) is 3.58. The molecule has 3 heterocycles. The third-order valence-corrected chi connectivity index (χ3v) is 5.59. The van der Waals surface area contributed by atoms with Gasteiger partial charge in [0.25, 0.3) is 0 Å². The van der Waals surface area contributed by atoms with Gasteiger partial charge in [0.05, 0.1) is 15.4 Å². The minimum atomic E-state index is 0.503. The molecule has 0 aliphatic rings. The van der Waals surface area contributed by atoms with Crippen molar-refractivity contribution >= 4 is 39.1 Å². The largest absolute Gasteiger partial charge is 0.374 e. The van der Waals surface area contributed by atoms with Crippen molar-refractivity contribution in [3.8, 4) is 19.8 Å². The van der Waals surface area contributed by atoms with Gasteiger partial charge < -0.3 is 5.73 Å². The van der Waals surface area contributed by atoms with Crippen LogP contribution in [0.25, 0.3) is 19.8 Å². The van der Waals surface area contributed by atoms with E-state index in [0.717, 1.165) is 33.4 Å². The Labute approximate surface area is 123 Å². The molecule has 0 unspecified atom stereocenters. The minimum absolute atomic E-state index is 0.503. The van der Waals surface area contributed by atoms with Gasteiger partial charge in [-0.2, -0.15) is 0 Å². The smallest absolute Gasteiger partial charge is 0.203 e. The zero-order valence-electron chi connectivity index (χ0n) is 10.3. The van der Waals surface area contributed by atoms with Gasteiger partial charge in [-0.25, -0.2) is 4.98 Å². The summed E-state index contributed by atoms with van der Waals surface area (Å²) in [6.45, 7) is 2.16. The van der Waals surface area contributed by atoms with Crippen molar-refractivity contribution in [2.24, 2.45) is 0 Å². The molecule has 3 rings (SSSR count). The van der Waals surface area contributed by atoms with Crippen molar-refractivity contribution < 1.29 is 0 Å². The molecule has 0 atom stereocenters. The fraction of sp³-hybridized carbons (Fsp3) is 0.250. The molecule has 0 fully saturated rings. The van der Waals surface area contributed by atoms with Crippen molar-refractivity contribution in [3.63, 3.8) is 0 Å². The number of hydrogen-bond acceptors (Lipinski definition) is 7. The van der Waals surface area contributed by atoms with Gasteiger partial charge >= 0.3 is 0 Å². The van der Waals surface area contributed by atoms with Gasteiger partial charge in [-0.3, -0.25) is 0 Å². The summed E-state index contributed by atoms with van der Waals surface area (Å²) in [5, 5.41) is 12.5. The number of anilines is 1. The van der Waals surface area contributed by atoms with Crippen LogP contribution in [0.5, 0.6) is 0 Å². The number of aryl methyl sites for hydroxylation is 1. The van der Waals surface area contributed by atoms with E-state index in [1.807, 2.05) is 6.07 Å². The first kappa shape index (κ1) is 12.7. The van der Waals surface area contributed by atoms with Crippen LogP contribution in [0.3, 0.4) is 0 Å². The number of nitrogens with zero attached hydrogens (tertiary/aromatic N) is 3. The summed E-state index contributed by atoms with van der Waals surface area (Å²) < 4.78 is 0. The maximum Gasteiger partial charge on any atom is 0.203 e. The van der Waals surface area contributed by atoms with Crippen LogP contribution >= 0.6 is 34.0 Å². The molecule has 0 aromatic carbocycles. The van der Waals surface area contributed by atoms with E-state index in [1.165, 1.54) is 16.2 Å². The molecule has 98 valence electrons. The zero-order chi connectivity index (χ0) is 13.2. The van der Waals surface area contributed by atoms with Gasteiger partial charge in [0.15, 0.2) is 5.01 Å². The molecule has 0 radical (unpaired) electrons. The summed E-state index contributed by atoms with van der Waals surface area (Å²) in [4.78, 5) is 7.07. The van der Waals surface area contributed by atoms with Crippen LogP contribution in [-0.2, 0) is 6.42 Å². The number of aromatic nitrogens is 3. The Bertz CT molecular complexity index is 669. The highest BCUT2D eigenvalue weighted by molar-refractivity contribution is 7.26. The molecule has 4 nitrogen and oxygen atoms in total. The lowest BCUT2D eigenvalue weighted by atomic mass is 10.2. The first-order chi connectivity index (χ1) is 9.28. The Balaban J connectivity index is 2.07. The molecule has 0 spiro atoms. The maximum absolute atomic E-state index is 5.67. The Hall–Kier alpha value is -1.31. The molecule has 0 aliphatic carbocycles. The molecule has 19 heavy (non-hydrogen) atoms. The second kappa shape index (κ2) is 5.36. The van der Waals surface area contributed by atoms with Gasteiger partial charge in [0.1, 0.15) is 5.01 Å². The first-order valence-corrected chi connectivity index (χ1v) is 8.42. The Morgan fingerprint density at radius 1 is 1.21 bits per heavy atom. The standard InChI is InChI=1S/C12H12N4S3/c1-2-4-7-9(11-15-16-12(13)19-11)18-10(14-7)8-5-3-6-17-8/h3,5-6H,2,4H2,1H3,(H2,13,16). The lowest BCUT2D eigenvalue weighted by molar-refractivity contribution is 0.894. The van der Waals surface area contributed by atoms with Crippen LogP contribution in [0, 0.1) is 0 Å². The summed E-state index contributed by atoms with van der Waals surface area (Å²) in [5.41, 5.74) is 6.78. The van der Waals surface area contributed by atoms with E-state index in [0.29, 0.717) is 5.13 Å². The van der Waals surface area contributed by atoms with Crippen molar-refractivity contribution in [2.45, 2.75) is 19.8 Å². The molecule has 3 aromatic heterocycles. The SMILES string of the molecule is CCCc1nc(-c2cccs2)sc1-c1nnc(N)s1. The zero-order valence-corrected chi connectivity index (χ0v) is 12.7. The molecule has 0 bridgehead atoms. The third-order valence-electron chi connectivity index (χ3n) is 2.55. The van der Waals surface area contributed by atoms with Gasteiger partial charge in [-0.1, -0.05) is 30.7 Å². The van der Waals surface area contributed by atoms with Gasteiger partial charge in [-0.05, 0) is 17.9 Å². The second-order valence-corrected chi connectivity index (χ2v) is 6.92. The fourth-order valence-corrected chi connectivity index (χ4v) is 4.37. The summed E-state index contributed by atoms with van der Waals surface area (Å²) in [6, 6.07) is 4.14. The van der Waals surface area contributed by atoms with E-state index in [2.05, 4.69) is 28.6 Å². The van der Waals surface area contributed by atoms with Crippen LogP contribution in [0.2, 0.25) is 0 Å². The van der Waals surface area contributed by atoms with E-state index in [1.54, 1.807) is 22.7 Å². The van der Waals surface area contributed by atoms with Crippen LogP contribution in [0.15, 0.2) is 17.5 Å². The summed E-state index contributed by atoms with van der Waals surface area (Å²) >= 11 is 4.80. The number of thiophene rings is 1. The summed E-state index contributed by atoms with van der Waals surface area (Å²) in [5.74, 6) is 0. The highest BCUT2D eigenvalue weighted by Gasteiger charge is 2.17. The van der Waals surface area contributed by atoms with Crippen molar-refractivity contribution in [1.29, 1.82) is 0 Å². The van der Waals surface area contributed by atoms with E-state index in [-0.39, 0.29) is 0 Å². The van der Waals surface area contributed by atoms with E-state index >= 15 is 0 Å². The third kappa shape index (κ3) is 2.54. The molecule has 7 heteroatoms. The van der Waals surface area contributed by atoms with Crippen LogP contribution in [0.1, 0.15) is 19.0 Å². The van der Waals surface area contributed by atoms with E-state index in [9.17, 15) is 0 Å². The van der Waals surface area contributed by atoms with Crippen LogP contribution in [0.4, 0.5) is 5.13 Å². The Morgan fingerprint density at radius 2 is 2.11 bits per heavy atom. The normalized spacial score (nSPS) is 11.0. The molecule has 0 aliphatic heterocycles. The molecule has 0 saturated carbocycles. The number of thiazole rings is 1. The summed E-state index contributed by atoms with van der Waals surface area (Å²) in [7, 11) is 0. The minimum Gasteiger partial charge on any atom is -0.374 e. The number of hydrogen-bond donors (Lipinski definition) is 1. The topological polar surface area (TPSA) is 64.7 Å². The highest BCUT2D eigenvalue weighted by atomic mass is 32.1. The quantitative estimate of drug-likeness (QED) is 0.793. The second-order valence-electron chi connectivity index (χ2n) is 3.97. The predicted octanol–water partition coefficient (Wildman–Crippen LogP) is 3.92. The van der Waals surface area contributed by atoms with E-state index < -0.39 is 0 Å². The number of nitrogens with two attached hydrogens (primary N) is 1. The maximum atomic E-state index is 5.67. The number of nitrogen functional groups attached to an aromatic ring is 1. The first-order valence-electron chi connectivity index (χ1n) is 5.91. The van der Waals surface area contributed by atoms with Crippen molar-refractivity contribution in [1.82, 2.24) is 15.2 Å². The summed E-state index contributed by atoms with van der Waals surface area (Å²) in [6.07, 6.45) is 2.02. The predicted molar refractivity (Wildman–Crippen MR) is 82.7 cm³/mol. The average molecular weight is 308 g/mol. The van der Waals surface area contributed by atoms with Crippen LogP contribution in [-0.4, -0.2) is 15.2 Å². The molecular weight excluding hydrogens is 296 g/mol. The number of rotatable bonds is 4. The lowest BCUT2D eigenvalue weighted by Gasteiger charge is -1.94. The van der Waals surface area contributed by atoms with Gasteiger partial charge in [-0.15, -0.1) is 32.9 Å². The average Bonchev–Trinajstić information content (AvgIpc) is 3.08.